The minimum absolute atomic E-state index is 0.312. The first-order chi connectivity index (χ1) is 14.2. The molecule has 0 radical (unpaired) electrons. The van der Waals surface area contributed by atoms with Gasteiger partial charge in [-0.3, -0.25) is 4.79 Å². The number of rotatable bonds is 8. The number of hydrogen-bond donors (Lipinski definition) is 2. The minimum Gasteiger partial charge on any atom is -0.497 e. The molecule has 0 aliphatic carbocycles. The topological polar surface area (TPSA) is 96.3 Å². The number of pyridine rings is 1. The lowest BCUT2D eigenvalue weighted by molar-refractivity contribution is 0.102. The molecule has 1 heterocycles. The molecule has 0 spiro atoms. The molecule has 29 heavy (non-hydrogen) atoms. The van der Waals surface area contributed by atoms with Gasteiger partial charge in [0.1, 0.15) is 30.0 Å². The Bertz CT molecular complexity index is 1010. The van der Waals surface area contributed by atoms with E-state index in [2.05, 4.69) is 21.7 Å². The van der Waals surface area contributed by atoms with Crippen LogP contribution in [0.25, 0.3) is 0 Å². The standard InChI is InChI=1S/C22H20N4O3/c1-28-18-6-8-19(9-7-18)29-13-12-25-21-14-16(10-11-24-21)22(27)26-20-5-3-2-4-17(20)15-23/h2-11,14H,12-13H2,1H3,(H,24,25)(H,26,27). The van der Waals surface area contributed by atoms with Gasteiger partial charge in [-0.05, 0) is 48.5 Å². The summed E-state index contributed by atoms with van der Waals surface area (Å²) in [6.07, 6.45) is 1.55. The van der Waals surface area contributed by atoms with Crippen molar-refractivity contribution < 1.29 is 14.3 Å². The molecule has 0 saturated carbocycles. The van der Waals surface area contributed by atoms with Gasteiger partial charge in [0.15, 0.2) is 0 Å². The maximum atomic E-state index is 12.5. The molecule has 7 nitrogen and oxygen atoms in total. The van der Waals surface area contributed by atoms with Crippen molar-refractivity contribution in [1.29, 1.82) is 5.26 Å². The summed E-state index contributed by atoms with van der Waals surface area (Å²) in [6, 6.07) is 19.5. The molecule has 7 heteroatoms. The fourth-order valence-corrected chi connectivity index (χ4v) is 2.57. The number of nitrogens with zero attached hydrogens (tertiary/aromatic N) is 2. The second-order valence-electron chi connectivity index (χ2n) is 5.99. The summed E-state index contributed by atoms with van der Waals surface area (Å²) in [5.41, 5.74) is 1.31. The van der Waals surface area contributed by atoms with E-state index in [1.807, 2.05) is 24.3 Å². The fourth-order valence-electron chi connectivity index (χ4n) is 2.57. The van der Waals surface area contributed by atoms with Crippen molar-refractivity contribution >= 4 is 17.4 Å². The summed E-state index contributed by atoms with van der Waals surface area (Å²) in [6.45, 7) is 0.946. The molecule has 0 aliphatic rings. The lowest BCUT2D eigenvalue weighted by atomic mass is 10.2. The second-order valence-corrected chi connectivity index (χ2v) is 5.99. The number of nitrogens with one attached hydrogen (secondary N) is 2. The van der Waals surface area contributed by atoms with Gasteiger partial charge in [0.2, 0.25) is 0 Å². The highest BCUT2D eigenvalue weighted by Crippen LogP contribution is 2.17. The lowest BCUT2D eigenvalue weighted by Gasteiger charge is -2.10. The molecular weight excluding hydrogens is 368 g/mol. The van der Waals surface area contributed by atoms with Gasteiger partial charge in [-0.15, -0.1) is 0 Å². The Hall–Kier alpha value is -4.05. The summed E-state index contributed by atoms with van der Waals surface area (Å²) in [5.74, 6) is 1.76. The van der Waals surface area contributed by atoms with Crippen molar-refractivity contribution in [3.8, 4) is 17.6 Å². The van der Waals surface area contributed by atoms with E-state index in [4.69, 9.17) is 14.7 Å². The molecule has 2 N–H and O–H groups in total. The van der Waals surface area contributed by atoms with Gasteiger partial charge in [0, 0.05) is 11.8 Å². The van der Waals surface area contributed by atoms with Crippen LogP contribution in [0.2, 0.25) is 0 Å². The van der Waals surface area contributed by atoms with E-state index in [1.54, 1.807) is 49.7 Å². The summed E-state index contributed by atoms with van der Waals surface area (Å²) < 4.78 is 10.8. The highest BCUT2D eigenvalue weighted by molar-refractivity contribution is 6.05. The molecule has 0 atom stereocenters. The summed E-state index contributed by atoms with van der Waals surface area (Å²) in [4.78, 5) is 16.7. The Morgan fingerprint density at radius 3 is 2.62 bits per heavy atom. The molecular formula is C22H20N4O3. The third kappa shape index (κ3) is 5.47. The Morgan fingerprint density at radius 1 is 1.10 bits per heavy atom. The molecule has 1 aromatic heterocycles. The number of nitriles is 1. The molecule has 0 bridgehead atoms. The SMILES string of the molecule is COc1ccc(OCCNc2cc(C(=O)Nc3ccccc3C#N)ccn2)cc1. The van der Waals surface area contributed by atoms with Crippen molar-refractivity contribution in [2.24, 2.45) is 0 Å². The van der Waals surface area contributed by atoms with E-state index in [-0.39, 0.29) is 5.91 Å². The third-order valence-corrected chi connectivity index (χ3v) is 4.05. The van der Waals surface area contributed by atoms with Crippen LogP contribution in [0.1, 0.15) is 15.9 Å². The molecule has 0 aliphatic heterocycles. The smallest absolute Gasteiger partial charge is 0.255 e. The number of amides is 1. The normalized spacial score (nSPS) is 9.93. The van der Waals surface area contributed by atoms with Gasteiger partial charge in [0.25, 0.3) is 5.91 Å². The first-order valence-electron chi connectivity index (χ1n) is 8.97. The predicted molar refractivity (Wildman–Crippen MR) is 110 cm³/mol. The quantitative estimate of drug-likeness (QED) is 0.571. The largest absolute Gasteiger partial charge is 0.497 e. The number of hydrogen-bond acceptors (Lipinski definition) is 6. The summed E-state index contributed by atoms with van der Waals surface area (Å²) >= 11 is 0. The average molecular weight is 388 g/mol. The van der Waals surface area contributed by atoms with Gasteiger partial charge < -0.3 is 20.1 Å². The van der Waals surface area contributed by atoms with Crippen molar-refractivity contribution in [2.75, 3.05) is 30.9 Å². The summed E-state index contributed by atoms with van der Waals surface area (Å²) in [7, 11) is 1.61. The molecule has 1 amide bonds. The van der Waals surface area contributed by atoms with Gasteiger partial charge in [-0.2, -0.15) is 5.26 Å². The monoisotopic (exact) mass is 388 g/mol. The second kappa shape index (κ2) is 9.76. The highest BCUT2D eigenvalue weighted by Gasteiger charge is 2.10. The number of aromatic nitrogens is 1. The zero-order valence-corrected chi connectivity index (χ0v) is 15.9. The molecule has 0 fully saturated rings. The van der Waals surface area contributed by atoms with Crippen LogP contribution in [0, 0.1) is 11.3 Å². The Kier molecular flexibility index (Phi) is 6.63. The maximum absolute atomic E-state index is 12.5. The number of benzene rings is 2. The molecule has 146 valence electrons. The first kappa shape index (κ1) is 19.7. The van der Waals surface area contributed by atoms with Crippen LogP contribution in [0.15, 0.2) is 66.9 Å². The lowest BCUT2D eigenvalue weighted by Crippen LogP contribution is -2.15. The number of methoxy groups -OCH3 is 1. The van der Waals surface area contributed by atoms with Gasteiger partial charge in [-0.1, -0.05) is 12.1 Å². The van der Waals surface area contributed by atoms with Gasteiger partial charge in [-0.25, -0.2) is 4.98 Å². The summed E-state index contributed by atoms with van der Waals surface area (Å²) in [5, 5.41) is 15.0. The van der Waals surface area contributed by atoms with Crippen LogP contribution >= 0.6 is 0 Å². The minimum atomic E-state index is -0.312. The Labute approximate surface area is 168 Å². The van der Waals surface area contributed by atoms with Crippen molar-refractivity contribution in [1.82, 2.24) is 4.98 Å². The number of para-hydroxylation sites is 1. The van der Waals surface area contributed by atoms with Crippen LogP contribution in [0.3, 0.4) is 0 Å². The van der Waals surface area contributed by atoms with Crippen molar-refractivity contribution in [3.05, 3.63) is 78.0 Å². The number of ether oxygens (including phenoxy) is 2. The zero-order chi connectivity index (χ0) is 20.5. The molecule has 3 aromatic rings. The van der Waals surface area contributed by atoms with Gasteiger partial charge in [0.05, 0.1) is 24.9 Å². The van der Waals surface area contributed by atoms with E-state index in [1.165, 1.54) is 0 Å². The Balaban J connectivity index is 1.53. The zero-order valence-electron chi connectivity index (χ0n) is 15.9. The highest BCUT2D eigenvalue weighted by atomic mass is 16.5. The van der Waals surface area contributed by atoms with Crippen LogP contribution in [0.4, 0.5) is 11.5 Å². The van der Waals surface area contributed by atoms with E-state index in [9.17, 15) is 4.79 Å². The molecule has 0 saturated heterocycles. The third-order valence-electron chi connectivity index (χ3n) is 4.05. The van der Waals surface area contributed by atoms with Crippen molar-refractivity contribution in [2.45, 2.75) is 0 Å². The molecule has 0 unspecified atom stereocenters. The van der Waals surface area contributed by atoms with Crippen LogP contribution in [-0.2, 0) is 0 Å². The number of carbonyl (C=O) groups excluding carboxylic acids is 1. The van der Waals surface area contributed by atoms with Crippen LogP contribution < -0.4 is 20.1 Å². The number of anilines is 2. The first-order valence-corrected chi connectivity index (χ1v) is 8.97. The van der Waals surface area contributed by atoms with E-state index in [0.29, 0.717) is 35.8 Å². The van der Waals surface area contributed by atoms with E-state index >= 15 is 0 Å². The molecule has 3 rings (SSSR count). The van der Waals surface area contributed by atoms with Crippen LogP contribution in [-0.4, -0.2) is 31.2 Å². The Morgan fingerprint density at radius 2 is 1.86 bits per heavy atom. The predicted octanol–water partition coefficient (Wildman–Crippen LogP) is 3.71. The van der Waals surface area contributed by atoms with E-state index in [0.717, 1.165) is 11.5 Å². The van der Waals surface area contributed by atoms with Gasteiger partial charge >= 0.3 is 0 Å². The molecule has 2 aromatic carbocycles. The van der Waals surface area contributed by atoms with E-state index < -0.39 is 0 Å². The fraction of sp³-hybridized carbons (Fsp3) is 0.136. The van der Waals surface area contributed by atoms with Crippen molar-refractivity contribution in [3.63, 3.8) is 0 Å². The average Bonchev–Trinajstić information content (AvgIpc) is 2.77. The maximum Gasteiger partial charge on any atom is 0.255 e. The van der Waals surface area contributed by atoms with Crippen LogP contribution in [0.5, 0.6) is 11.5 Å². The number of carbonyl (C=O) groups is 1.